The molecule has 0 atom stereocenters. The van der Waals surface area contributed by atoms with E-state index < -0.39 is 10.0 Å². The van der Waals surface area contributed by atoms with E-state index in [1.807, 2.05) is 27.7 Å². The van der Waals surface area contributed by atoms with E-state index in [2.05, 4.69) is 53.6 Å². The Morgan fingerprint density at radius 3 is 2.31 bits per heavy atom. The molecule has 0 unspecified atom stereocenters. The van der Waals surface area contributed by atoms with E-state index in [1.54, 1.807) is 6.33 Å². The smallest absolute Gasteiger partial charge is 0.229 e. The highest BCUT2D eigenvalue weighted by molar-refractivity contribution is 7.88. The summed E-state index contributed by atoms with van der Waals surface area (Å²) in [6.07, 6.45) is 3.05. The number of aromatic nitrogens is 4. The lowest BCUT2D eigenvalue weighted by Gasteiger charge is -2.33. The Morgan fingerprint density at radius 2 is 1.63 bits per heavy atom. The number of nitrogens with one attached hydrogen (secondary N) is 1. The highest BCUT2D eigenvalue weighted by Crippen LogP contribution is 2.25. The van der Waals surface area contributed by atoms with Crippen molar-refractivity contribution < 1.29 is 8.42 Å². The molecule has 182 valence electrons. The first kappa shape index (κ1) is 23.3. The zero-order chi connectivity index (χ0) is 24.4. The fourth-order valence-electron chi connectivity index (χ4n) is 4.20. The Bertz CT molecular complexity index is 1410. The van der Waals surface area contributed by atoms with Crippen molar-refractivity contribution >= 4 is 33.0 Å². The Morgan fingerprint density at radius 1 is 0.914 bits per heavy atom. The van der Waals surface area contributed by atoms with Gasteiger partial charge in [0.1, 0.15) is 0 Å². The van der Waals surface area contributed by atoms with Crippen molar-refractivity contribution in [3.63, 3.8) is 0 Å². The van der Waals surface area contributed by atoms with Crippen molar-refractivity contribution in [1.29, 1.82) is 0 Å². The summed E-state index contributed by atoms with van der Waals surface area (Å²) in [5, 5.41) is 3.45. The van der Waals surface area contributed by atoms with Gasteiger partial charge in [-0.25, -0.2) is 13.4 Å². The summed E-state index contributed by atoms with van der Waals surface area (Å²) in [6, 6.07) is 18.6. The summed E-state index contributed by atoms with van der Waals surface area (Å²) >= 11 is 0. The first-order chi connectivity index (χ1) is 16.9. The molecule has 5 rings (SSSR count). The Kier molecular flexibility index (Phi) is 6.40. The van der Waals surface area contributed by atoms with E-state index in [1.165, 1.54) is 16.1 Å². The minimum absolute atomic E-state index is 0.412. The standard InChI is InChI=1S/C25H29N7O2S/c1-19-8-10-20(11-9-19)16-26-23-22-24(31(18-27-22)17-21-6-4-3-5-7-21)29-25(28-23)30-12-14-32(15-13-30)35(2,33)34/h3-11,18H,12-17H2,1-2H3,(H,26,28,29). The van der Waals surface area contributed by atoms with Gasteiger partial charge in [-0.05, 0) is 18.1 Å². The average molecular weight is 492 g/mol. The van der Waals surface area contributed by atoms with Crippen LogP contribution in [0.4, 0.5) is 11.8 Å². The molecule has 1 N–H and O–H groups in total. The van der Waals surface area contributed by atoms with E-state index >= 15 is 0 Å². The highest BCUT2D eigenvalue weighted by Gasteiger charge is 2.26. The number of piperazine rings is 1. The summed E-state index contributed by atoms with van der Waals surface area (Å²) in [5.74, 6) is 1.25. The van der Waals surface area contributed by atoms with Crippen LogP contribution in [-0.4, -0.2) is 64.7 Å². The molecule has 2 aromatic heterocycles. The molecule has 2 aromatic carbocycles. The lowest BCUT2D eigenvalue weighted by atomic mass is 10.1. The summed E-state index contributed by atoms with van der Waals surface area (Å²) in [5.41, 5.74) is 4.98. The number of hydrogen-bond acceptors (Lipinski definition) is 7. The normalized spacial score (nSPS) is 15.0. The summed E-state index contributed by atoms with van der Waals surface area (Å²) in [6.45, 7) is 5.21. The Labute approximate surface area is 205 Å². The van der Waals surface area contributed by atoms with Crippen molar-refractivity contribution in [3.8, 4) is 0 Å². The molecule has 10 heteroatoms. The van der Waals surface area contributed by atoms with Gasteiger partial charge in [0.15, 0.2) is 17.0 Å². The molecule has 9 nitrogen and oxygen atoms in total. The van der Waals surface area contributed by atoms with Gasteiger partial charge in [-0.1, -0.05) is 60.2 Å². The van der Waals surface area contributed by atoms with Gasteiger partial charge in [0.25, 0.3) is 0 Å². The Hall–Kier alpha value is -3.50. The molecular weight excluding hydrogens is 462 g/mol. The third-order valence-corrected chi connectivity index (χ3v) is 7.52. The van der Waals surface area contributed by atoms with Crippen LogP contribution in [-0.2, 0) is 23.1 Å². The monoisotopic (exact) mass is 491 g/mol. The zero-order valence-corrected chi connectivity index (χ0v) is 20.7. The largest absolute Gasteiger partial charge is 0.364 e. The lowest BCUT2D eigenvalue weighted by Crippen LogP contribution is -2.48. The molecule has 0 spiro atoms. The molecule has 1 saturated heterocycles. The molecule has 0 radical (unpaired) electrons. The maximum Gasteiger partial charge on any atom is 0.229 e. The maximum atomic E-state index is 11.9. The predicted octanol–water partition coefficient (Wildman–Crippen LogP) is 2.88. The molecule has 0 amide bonds. The molecule has 35 heavy (non-hydrogen) atoms. The van der Waals surface area contributed by atoms with Crippen molar-refractivity contribution in [2.75, 3.05) is 42.7 Å². The predicted molar refractivity (Wildman–Crippen MR) is 138 cm³/mol. The van der Waals surface area contributed by atoms with Gasteiger partial charge in [0.2, 0.25) is 16.0 Å². The van der Waals surface area contributed by atoms with Gasteiger partial charge >= 0.3 is 0 Å². The number of anilines is 2. The van der Waals surface area contributed by atoms with Crippen molar-refractivity contribution in [2.45, 2.75) is 20.0 Å². The number of benzene rings is 2. The van der Waals surface area contributed by atoms with E-state index in [0.29, 0.717) is 56.6 Å². The molecule has 1 aliphatic heterocycles. The van der Waals surface area contributed by atoms with Crippen molar-refractivity contribution in [3.05, 3.63) is 77.6 Å². The van der Waals surface area contributed by atoms with E-state index in [4.69, 9.17) is 9.97 Å². The fraction of sp³-hybridized carbons (Fsp3) is 0.320. The molecule has 0 bridgehead atoms. The fourth-order valence-corrected chi connectivity index (χ4v) is 5.03. The van der Waals surface area contributed by atoms with Crippen LogP contribution >= 0.6 is 0 Å². The number of rotatable bonds is 7. The Balaban J connectivity index is 1.47. The van der Waals surface area contributed by atoms with Crippen LogP contribution in [0.5, 0.6) is 0 Å². The van der Waals surface area contributed by atoms with Gasteiger partial charge in [-0.15, -0.1) is 0 Å². The topological polar surface area (TPSA) is 96.2 Å². The quantitative estimate of drug-likeness (QED) is 0.425. The number of aryl methyl sites for hydroxylation is 1. The molecule has 1 aliphatic rings. The van der Waals surface area contributed by atoms with Crippen LogP contribution in [0.2, 0.25) is 0 Å². The van der Waals surface area contributed by atoms with Gasteiger partial charge in [-0.3, -0.25) is 0 Å². The first-order valence-corrected chi connectivity index (χ1v) is 13.5. The third-order valence-electron chi connectivity index (χ3n) is 6.22. The average Bonchev–Trinajstić information content (AvgIpc) is 3.26. The van der Waals surface area contributed by atoms with Crippen molar-refractivity contribution in [2.24, 2.45) is 0 Å². The van der Waals surface area contributed by atoms with Crippen molar-refractivity contribution in [1.82, 2.24) is 23.8 Å². The summed E-state index contributed by atoms with van der Waals surface area (Å²) in [4.78, 5) is 16.4. The number of sulfonamides is 1. The van der Waals surface area contributed by atoms with Gasteiger partial charge in [0, 0.05) is 32.7 Å². The molecule has 3 heterocycles. The van der Waals surface area contributed by atoms with Crippen LogP contribution in [0.25, 0.3) is 11.2 Å². The number of hydrogen-bond donors (Lipinski definition) is 1. The van der Waals surface area contributed by atoms with E-state index in [0.717, 1.165) is 16.8 Å². The number of fused-ring (bicyclic) bond motifs is 1. The molecule has 1 fully saturated rings. The zero-order valence-electron chi connectivity index (χ0n) is 19.9. The van der Waals surface area contributed by atoms with Gasteiger partial charge in [-0.2, -0.15) is 14.3 Å². The molecule has 0 aliphatic carbocycles. The minimum atomic E-state index is -3.21. The summed E-state index contributed by atoms with van der Waals surface area (Å²) in [7, 11) is -3.21. The maximum absolute atomic E-state index is 11.9. The number of nitrogens with zero attached hydrogens (tertiary/aromatic N) is 6. The SMILES string of the molecule is Cc1ccc(CNc2nc(N3CCN(S(C)(=O)=O)CC3)nc3c2ncn3Cc2ccccc2)cc1. The van der Waals surface area contributed by atoms with E-state index in [9.17, 15) is 8.42 Å². The molecule has 4 aromatic rings. The summed E-state index contributed by atoms with van der Waals surface area (Å²) < 4.78 is 27.4. The van der Waals surface area contributed by atoms with Crippen LogP contribution in [0.1, 0.15) is 16.7 Å². The molecule has 0 saturated carbocycles. The molecular formula is C25H29N7O2S. The van der Waals surface area contributed by atoms with Gasteiger partial charge in [0.05, 0.1) is 19.1 Å². The van der Waals surface area contributed by atoms with E-state index in [-0.39, 0.29) is 0 Å². The first-order valence-electron chi connectivity index (χ1n) is 11.6. The highest BCUT2D eigenvalue weighted by atomic mass is 32.2. The van der Waals surface area contributed by atoms with Gasteiger partial charge < -0.3 is 14.8 Å². The lowest BCUT2D eigenvalue weighted by molar-refractivity contribution is 0.386. The second-order valence-corrected chi connectivity index (χ2v) is 10.9. The third kappa shape index (κ3) is 5.28. The minimum Gasteiger partial charge on any atom is -0.364 e. The second kappa shape index (κ2) is 9.63. The second-order valence-electron chi connectivity index (χ2n) is 8.89. The van der Waals surface area contributed by atoms with Crippen LogP contribution in [0.15, 0.2) is 60.9 Å². The number of imidazole rings is 1. The van der Waals surface area contributed by atoms with Crippen LogP contribution < -0.4 is 10.2 Å². The van der Waals surface area contributed by atoms with Crippen LogP contribution in [0.3, 0.4) is 0 Å². The van der Waals surface area contributed by atoms with Crippen LogP contribution in [0, 0.1) is 6.92 Å².